The molecular weight excluding hydrogens is 262 g/mol. The van der Waals surface area contributed by atoms with Crippen molar-refractivity contribution in [3.8, 4) is 0 Å². The van der Waals surface area contributed by atoms with E-state index in [1.54, 1.807) is 0 Å². The Hall–Kier alpha value is -1.04. The van der Waals surface area contributed by atoms with Crippen LogP contribution in [0, 0.1) is 0 Å². The molecule has 0 saturated heterocycles. The van der Waals surface area contributed by atoms with Crippen LogP contribution in [0.3, 0.4) is 0 Å². The van der Waals surface area contributed by atoms with E-state index >= 15 is 0 Å². The maximum Gasteiger partial charge on any atom is 0.238 e. The normalized spacial score (nSPS) is 12.7. The summed E-state index contributed by atoms with van der Waals surface area (Å²) in [6.45, 7) is 3.85. The number of hydrogen-bond acceptors (Lipinski definition) is 4. The Bertz CT molecular complexity index is 380. The van der Waals surface area contributed by atoms with E-state index in [1.165, 1.54) is 26.0 Å². The summed E-state index contributed by atoms with van der Waals surface area (Å²) < 4.78 is 10.5. The average molecular weight is 283 g/mol. The number of carbonyl (C=O) groups is 1. The number of ether oxygens (including phenoxy) is 2. The number of rotatable bonds is 7. The first-order valence-corrected chi connectivity index (χ1v) is 7.04. The minimum absolute atomic E-state index is 0.0840. The molecule has 0 saturated carbocycles. The summed E-state index contributed by atoms with van der Waals surface area (Å²) >= 11 is 1.43. The maximum absolute atomic E-state index is 12.2. The SMILES string of the molecule is COC(OC)C(Sc1ccccc1)C(=O)NC(C)C. The molecule has 0 fully saturated rings. The van der Waals surface area contributed by atoms with E-state index in [9.17, 15) is 4.79 Å². The summed E-state index contributed by atoms with van der Waals surface area (Å²) in [6, 6.07) is 9.83. The van der Waals surface area contributed by atoms with Crippen LogP contribution in [0.5, 0.6) is 0 Å². The predicted octanol–water partition coefficient (Wildman–Crippen LogP) is 2.29. The van der Waals surface area contributed by atoms with Crippen molar-refractivity contribution < 1.29 is 14.3 Å². The molecule has 0 bridgehead atoms. The molecule has 0 aliphatic carbocycles. The van der Waals surface area contributed by atoms with E-state index in [0.717, 1.165) is 4.90 Å². The van der Waals surface area contributed by atoms with Crippen molar-refractivity contribution in [1.29, 1.82) is 0 Å². The third-order valence-electron chi connectivity index (χ3n) is 2.41. The molecule has 1 atom stereocenters. The third kappa shape index (κ3) is 5.22. The Labute approximate surface area is 118 Å². The number of benzene rings is 1. The molecule has 1 aromatic carbocycles. The Morgan fingerprint density at radius 2 is 1.74 bits per heavy atom. The van der Waals surface area contributed by atoms with E-state index in [-0.39, 0.29) is 11.9 Å². The molecule has 19 heavy (non-hydrogen) atoms. The zero-order valence-electron chi connectivity index (χ0n) is 11.8. The average Bonchev–Trinajstić information content (AvgIpc) is 2.39. The highest BCUT2D eigenvalue weighted by molar-refractivity contribution is 8.00. The molecule has 0 aromatic heterocycles. The van der Waals surface area contributed by atoms with Crippen molar-refractivity contribution in [2.45, 2.75) is 36.3 Å². The minimum atomic E-state index is -0.580. The summed E-state index contributed by atoms with van der Waals surface area (Å²) in [4.78, 5) is 13.2. The lowest BCUT2D eigenvalue weighted by atomic mass is 10.3. The second kappa shape index (κ2) is 8.19. The number of thioether (sulfide) groups is 1. The summed E-state index contributed by atoms with van der Waals surface area (Å²) in [6.07, 6.45) is -0.580. The monoisotopic (exact) mass is 283 g/mol. The molecule has 1 amide bonds. The van der Waals surface area contributed by atoms with Crippen LogP contribution in [0.2, 0.25) is 0 Å². The van der Waals surface area contributed by atoms with Gasteiger partial charge in [-0.2, -0.15) is 0 Å². The van der Waals surface area contributed by atoms with Crippen LogP contribution in [0.1, 0.15) is 13.8 Å². The maximum atomic E-state index is 12.2. The number of carbonyl (C=O) groups excluding carboxylic acids is 1. The standard InChI is InChI=1S/C14H21NO3S/c1-10(2)15-13(16)12(14(17-3)18-4)19-11-8-6-5-7-9-11/h5-10,12,14H,1-4H3,(H,15,16). The first-order valence-electron chi connectivity index (χ1n) is 6.16. The van der Waals surface area contributed by atoms with E-state index < -0.39 is 11.5 Å². The third-order valence-corrected chi connectivity index (χ3v) is 3.64. The van der Waals surface area contributed by atoms with E-state index in [4.69, 9.17) is 9.47 Å². The summed E-state index contributed by atoms with van der Waals surface area (Å²) in [5.74, 6) is -0.0856. The van der Waals surface area contributed by atoms with Gasteiger partial charge < -0.3 is 14.8 Å². The fraction of sp³-hybridized carbons (Fsp3) is 0.500. The van der Waals surface area contributed by atoms with Gasteiger partial charge in [-0.3, -0.25) is 4.79 Å². The molecular formula is C14H21NO3S. The number of methoxy groups -OCH3 is 2. The Morgan fingerprint density at radius 1 is 1.16 bits per heavy atom. The van der Waals surface area contributed by atoms with Crippen LogP contribution >= 0.6 is 11.8 Å². The van der Waals surface area contributed by atoms with E-state index in [2.05, 4.69) is 5.32 Å². The molecule has 0 heterocycles. The van der Waals surface area contributed by atoms with Gasteiger partial charge in [0, 0.05) is 25.2 Å². The second-order valence-electron chi connectivity index (χ2n) is 4.35. The summed E-state index contributed by atoms with van der Waals surface area (Å²) in [5.41, 5.74) is 0. The van der Waals surface area contributed by atoms with Gasteiger partial charge in [0.15, 0.2) is 6.29 Å². The fourth-order valence-corrected chi connectivity index (χ4v) is 2.70. The zero-order valence-corrected chi connectivity index (χ0v) is 12.6. The van der Waals surface area contributed by atoms with Gasteiger partial charge in [0.05, 0.1) is 0 Å². The van der Waals surface area contributed by atoms with Crippen molar-refractivity contribution in [3.05, 3.63) is 30.3 Å². The molecule has 0 aliphatic rings. The molecule has 4 nitrogen and oxygen atoms in total. The first kappa shape index (κ1) is 16.0. The minimum Gasteiger partial charge on any atom is -0.354 e. The lowest BCUT2D eigenvalue weighted by Crippen LogP contribution is -2.44. The number of amides is 1. The number of nitrogens with one attached hydrogen (secondary N) is 1. The smallest absolute Gasteiger partial charge is 0.238 e. The molecule has 106 valence electrons. The van der Waals surface area contributed by atoms with Crippen LogP contribution in [0.15, 0.2) is 35.2 Å². The largest absolute Gasteiger partial charge is 0.354 e. The van der Waals surface area contributed by atoms with Gasteiger partial charge in [-0.25, -0.2) is 0 Å². The molecule has 0 spiro atoms. The lowest BCUT2D eigenvalue weighted by Gasteiger charge is -2.24. The van der Waals surface area contributed by atoms with Crippen molar-refractivity contribution >= 4 is 17.7 Å². The molecule has 1 aromatic rings. The van der Waals surface area contributed by atoms with Gasteiger partial charge >= 0.3 is 0 Å². The van der Waals surface area contributed by atoms with Crippen LogP contribution in [0.4, 0.5) is 0 Å². The van der Waals surface area contributed by atoms with Gasteiger partial charge in [0.2, 0.25) is 5.91 Å². The quantitative estimate of drug-likeness (QED) is 0.616. The van der Waals surface area contributed by atoms with E-state index in [0.29, 0.717) is 0 Å². The highest BCUT2D eigenvalue weighted by Crippen LogP contribution is 2.27. The van der Waals surface area contributed by atoms with Crippen LogP contribution in [0.25, 0.3) is 0 Å². The van der Waals surface area contributed by atoms with Crippen molar-refractivity contribution in [1.82, 2.24) is 5.32 Å². The lowest BCUT2D eigenvalue weighted by molar-refractivity contribution is -0.137. The fourth-order valence-electron chi connectivity index (χ4n) is 1.59. The van der Waals surface area contributed by atoms with E-state index in [1.807, 2.05) is 44.2 Å². The molecule has 5 heteroatoms. The Balaban J connectivity index is 2.83. The zero-order chi connectivity index (χ0) is 14.3. The Kier molecular flexibility index (Phi) is 6.91. The molecule has 1 N–H and O–H groups in total. The second-order valence-corrected chi connectivity index (χ2v) is 5.57. The van der Waals surface area contributed by atoms with Gasteiger partial charge in [-0.1, -0.05) is 18.2 Å². The number of hydrogen-bond donors (Lipinski definition) is 1. The highest BCUT2D eigenvalue weighted by atomic mass is 32.2. The molecule has 1 rings (SSSR count). The van der Waals surface area contributed by atoms with Crippen LogP contribution in [-0.4, -0.2) is 37.7 Å². The van der Waals surface area contributed by atoms with Gasteiger partial charge in [-0.05, 0) is 26.0 Å². The predicted molar refractivity (Wildman–Crippen MR) is 77.2 cm³/mol. The van der Waals surface area contributed by atoms with Crippen LogP contribution < -0.4 is 5.32 Å². The topological polar surface area (TPSA) is 47.6 Å². The van der Waals surface area contributed by atoms with Gasteiger partial charge in [0.1, 0.15) is 5.25 Å². The van der Waals surface area contributed by atoms with Crippen LogP contribution in [-0.2, 0) is 14.3 Å². The van der Waals surface area contributed by atoms with Crippen molar-refractivity contribution in [2.24, 2.45) is 0 Å². The highest BCUT2D eigenvalue weighted by Gasteiger charge is 2.30. The first-order chi connectivity index (χ1) is 9.08. The molecule has 0 radical (unpaired) electrons. The van der Waals surface area contributed by atoms with Gasteiger partial charge in [-0.15, -0.1) is 11.8 Å². The molecule has 0 aliphatic heterocycles. The van der Waals surface area contributed by atoms with Crippen molar-refractivity contribution in [2.75, 3.05) is 14.2 Å². The molecule has 1 unspecified atom stereocenters. The van der Waals surface area contributed by atoms with Crippen molar-refractivity contribution in [3.63, 3.8) is 0 Å². The Morgan fingerprint density at radius 3 is 2.21 bits per heavy atom. The summed E-state index contributed by atoms with van der Waals surface area (Å²) in [5, 5.41) is 2.45. The van der Waals surface area contributed by atoms with Gasteiger partial charge in [0.25, 0.3) is 0 Å². The summed E-state index contributed by atoms with van der Waals surface area (Å²) in [7, 11) is 3.07.